The summed E-state index contributed by atoms with van der Waals surface area (Å²) < 4.78 is 24.6. The van der Waals surface area contributed by atoms with Gasteiger partial charge in [-0.3, -0.25) is 4.79 Å². The van der Waals surface area contributed by atoms with Crippen molar-refractivity contribution in [1.82, 2.24) is 0 Å². The molecule has 1 atom stereocenters. The Morgan fingerprint density at radius 2 is 2.00 bits per heavy atom. The van der Waals surface area contributed by atoms with Gasteiger partial charge in [-0.25, -0.2) is 9.18 Å². The lowest BCUT2D eigenvalue weighted by molar-refractivity contribution is -0.119. The van der Waals surface area contributed by atoms with Crippen molar-refractivity contribution >= 4 is 17.7 Å². The number of nitrogens with two attached hydrogens (primary N) is 1. The average molecular weight is 429 g/mol. The Bertz CT molecular complexity index is 961. The molecule has 1 heterocycles. The van der Waals surface area contributed by atoms with Crippen LogP contribution in [0.1, 0.15) is 37.0 Å². The summed E-state index contributed by atoms with van der Waals surface area (Å²) in [4.78, 5) is 26.2. The molecule has 0 aliphatic carbocycles. The van der Waals surface area contributed by atoms with E-state index in [0.29, 0.717) is 24.4 Å². The van der Waals surface area contributed by atoms with Crippen molar-refractivity contribution in [3.8, 4) is 5.75 Å². The number of ether oxygens (including phenoxy) is 2. The molecule has 0 spiro atoms. The van der Waals surface area contributed by atoms with Crippen molar-refractivity contribution < 1.29 is 23.5 Å². The minimum absolute atomic E-state index is 0.219. The number of halogens is 1. The summed E-state index contributed by atoms with van der Waals surface area (Å²) in [5, 5.41) is 0. The van der Waals surface area contributed by atoms with Gasteiger partial charge in [0, 0.05) is 6.54 Å². The van der Waals surface area contributed by atoms with Crippen molar-refractivity contribution in [1.29, 1.82) is 0 Å². The zero-order chi connectivity index (χ0) is 22.5. The molecule has 2 N–H and O–H groups in total. The Kier molecular flexibility index (Phi) is 7.28. The van der Waals surface area contributed by atoms with Crippen LogP contribution >= 0.6 is 0 Å². The molecule has 166 valence electrons. The zero-order valence-electron chi connectivity index (χ0n) is 18.2. The van der Waals surface area contributed by atoms with Gasteiger partial charge < -0.3 is 20.1 Å². The van der Waals surface area contributed by atoms with Crippen molar-refractivity contribution in [2.45, 2.75) is 46.1 Å². The maximum Gasteiger partial charge on any atom is 0.513 e. The van der Waals surface area contributed by atoms with E-state index in [2.05, 4.69) is 0 Å². The number of amides is 1. The van der Waals surface area contributed by atoms with Crippen LogP contribution in [-0.2, 0) is 22.4 Å². The fourth-order valence-electron chi connectivity index (χ4n) is 3.67. The van der Waals surface area contributed by atoms with Crippen LogP contribution in [0.2, 0.25) is 0 Å². The monoisotopic (exact) mass is 428 g/mol. The van der Waals surface area contributed by atoms with Crippen LogP contribution in [0.15, 0.2) is 36.4 Å². The van der Waals surface area contributed by atoms with Crippen LogP contribution < -0.4 is 15.4 Å². The molecule has 0 fully saturated rings. The fraction of sp³-hybridized carbons (Fsp3) is 0.417. The number of rotatable bonds is 6. The van der Waals surface area contributed by atoms with Gasteiger partial charge in [0.25, 0.3) is 0 Å². The third-order valence-corrected chi connectivity index (χ3v) is 5.24. The molecule has 0 aromatic heterocycles. The second-order valence-corrected chi connectivity index (χ2v) is 8.30. The third-order valence-electron chi connectivity index (χ3n) is 5.24. The van der Waals surface area contributed by atoms with Gasteiger partial charge in [0.2, 0.25) is 5.91 Å². The quantitative estimate of drug-likeness (QED) is 0.552. The maximum absolute atomic E-state index is 14.4. The first-order valence-electron chi connectivity index (χ1n) is 10.5. The number of fused-ring (bicyclic) bond motifs is 1. The summed E-state index contributed by atoms with van der Waals surface area (Å²) in [6.45, 7) is 6.47. The summed E-state index contributed by atoms with van der Waals surface area (Å²) in [7, 11) is 0. The molecule has 2 aromatic rings. The van der Waals surface area contributed by atoms with Gasteiger partial charge in [0.05, 0.1) is 18.3 Å². The second-order valence-electron chi connectivity index (χ2n) is 8.30. The van der Waals surface area contributed by atoms with E-state index in [1.165, 1.54) is 11.0 Å². The molecule has 1 aliphatic rings. The standard InChI is InChI=1S/C24H29FN2O4/c1-15(2)14-30-24(29)31-19-10-9-18(16(3)12-19)13-21(26)23(28)27-11-5-7-17-6-4-8-20(25)22(17)27/h4,6,8-10,12,15,21H,5,7,11,13-14,26H2,1-3H3/t21-/m1/s1. The Morgan fingerprint density at radius 1 is 1.23 bits per heavy atom. The summed E-state index contributed by atoms with van der Waals surface area (Å²) in [5.74, 6) is -0.124. The van der Waals surface area contributed by atoms with E-state index >= 15 is 0 Å². The largest absolute Gasteiger partial charge is 0.513 e. The number of carbonyl (C=O) groups excluding carboxylic acids is 2. The van der Waals surface area contributed by atoms with Crippen LogP contribution in [0, 0.1) is 18.7 Å². The van der Waals surface area contributed by atoms with Crippen molar-refractivity contribution in [3.63, 3.8) is 0 Å². The average Bonchev–Trinajstić information content (AvgIpc) is 2.73. The van der Waals surface area contributed by atoms with Crippen molar-refractivity contribution in [2.24, 2.45) is 11.7 Å². The van der Waals surface area contributed by atoms with Crippen molar-refractivity contribution in [2.75, 3.05) is 18.1 Å². The molecular weight excluding hydrogens is 399 g/mol. The van der Waals surface area contributed by atoms with E-state index in [4.69, 9.17) is 15.2 Å². The molecule has 3 rings (SSSR count). The first-order chi connectivity index (χ1) is 14.8. The summed E-state index contributed by atoms with van der Waals surface area (Å²) in [6, 6.07) is 9.19. The third kappa shape index (κ3) is 5.61. The van der Waals surface area contributed by atoms with E-state index in [9.17, 15) is 14.0 Å². The highest BCUT2D eigenvalue weighted by molar-refractivity contribution is 5.98. The highest BCUT2D eigenvalue weighted by atomic mass is 19.1. The molecule has 7 heteroatoms. The van der Waals surface area contributed by atoms with Crippen molar-refractivity contribution in [3.05, 3.63) is 58.9 Å². The first kappa shape index (κ1) is 22.7. The molecule has 0 radical (unpaired) electrons. The Morgan fingerprint density at radius 3 is 2.71 bits per heavy atom. The SMILES string of the molecule is Cc1cc(OC(=O)OCC(C)C)ccc1C[C@@H](N)C(=O)N1CCCc2cccc(F)c21. The molecule has 0 saturated heterocycles. The normalized spacial score (nSPS) is 14.2. The molecule has 0 saturated carbocycles. The molecule has 6 nitrogen and oxygen atoms in total. The van der Waals surface area contributed by atoms with Gasteiger partial charge in [-0.2, -0.15) is 0 Å². The number of nitrogens with zero attached hydrogens (tertiary/aromatic N) is 1. The van der Waals surface area contributed by atoms with Gasteiger partial charge >= 0.3 is 6.16 Å². The molecule has 0 bridgehead atoms. The number of hydrogen-bond acceptors (Lipinski definition) is 5. The highest BCUT2D eigenvalue weighted by Crippen LogP contribution is 2.30. The summed E-state index contributed by atoms with van der Waals surface area (Å²) in [6.07, 6.45) is 1.06. The summed E-state index contributed by atoms with van der Waals surface area (Å²) >= 11 is 0. The van der Waals surface area contributed by atoms with Crippen LogP contribution in [-0.4, -0.2) is 31.3 Å². The fourth-order valence-corrected chi connectivity index (χ4v) is 3.67. The zero-order valence-corrected chi connectivity index (χ0v) is 18.2. The van der Waals surface area contributed by atoms with Gasteiger partial charge in [0.1, 0.15) is 11.6 Å². The lowest BCUT2D eigenvalue weighted by Crippen LogP contribution is -2.47. The summed E-state index contributed by atoms with van der Waals surface area (Å²) in [5.41, 5.74) is 9.09. The minimum Gasteiger partial charge on any atom is -0.434 e. The van der Waals surface area contributed by atoms with E-state index in [-0.39, 0.29) is 18.4 Å². The van der Waals surface area contributed by atoms with E-state index in [1.807, 2.05) is 26.8 Å². The predicted molar refractivity (Wildman–Crippen MR) is 117 cm³/mol. The minimum atomic E-state index is -0.813. The molecule has 0 unspecified atom stereocenters. The lowest BCUT2D eigenvalue weighted by atomic mass is 9.97. The van der Waals surface area contributed by atoms with E-state index in [0.717, 1.165) is 29.5 Å². The van der Waals surface area contributed by atoms with Crippen LogP contribution in [0.4, 0.5) is 14.9 Å². The molecule has 31 heavy (non-hydrogen) atoms. The number of hydrogen-bond donors (Lipinski definition) is 1. The van der Waals surface area contributed by atoms with Gasteiger partial charge in [-0.1, -0.05) is 32.0 Å². The second kappa shape index (κ2) is 9.92. The maximum atomic E-state index is 14.4. The number of benzene rings is 2. The Hall–Kier alpha value is -2.93. The highest BCUT2D eigenvalue weighted by Gasteiger charge is 2.29. The smallest absolute Gasteiger partial charge is 0.434 e. The Labute approximate surface area is 182 Å². The van der Waals surface area contributed by atoms with Gasteiger partial charge in [-0.05, 0) is 67.0 Å². The number of para-hydroxylation sites is 1. The molecule has 1 amide bonds. The van der Waals surface area contributed by atoms with Gasteiger partial charge in [-0.15, -0.1) is 0 Å². The lowest BCUT2D eigenvalue weighted by Gasteiger charge is -2.31. The van der Waals surface area contributed by atoms with Crippen LogP contribution in [0.25, 0.3) is 0 Å². The molecule has 1 aliphatic heterocycles. The van der Waals surface area contributed by atoms with E-state index < -0.39 is 18.0 Å². The van der Waals surface area contributed by atoms with Gasteiger partial charge in [0.15, 0.2) is 0 Å². The topological polar surface area (TPSA) is 81.9 Å². The first-order valence-corrected chi connectivity index (χ1v) is 10.5. The number of carbonyl (C=O) groups is 2. The molecular formula is C24H29FN2O4. The number of anilines is 1. The molecule has 2 aromatic carbocycles. The van der Waals surface area contributed by atoms with E-state index in [1.54, 1.807) is 24.3 Å². The number of aryl methyl sites for hydroxylation is 2. The predicted octanol–water partition coefficient (Wildman–Crippen LogP) is 4.15. The van der Waals surface area contributed by atoms with Crippen LogP contribution in [0.5, 0.6) is 5.75 Å². The Balaban J connectivity index is 1.66. The van der Waals surface area contributed by atoms with Crippen LogP contribution in [0.3, 0.4) is 0 Å².